The van der Waals surface area contributed by atoms with Crippen LogP contribution in [0.15, 0.2) is 28.7 Å². The molecule has 0 unspecified atom stereocenters. The van der Waals surface area contributed by atoms with Crippen LogP contribution in [0.1, 0.15) is 29.1 Å². The quantitative estimate of drug-likeness (QED) is 0.938. The lowest BCUT2D eigenvalue weighted by Gasteiger charge is -2.12. The minimum atomic E-state index is -4.52. The van der Waals surface area contributed by atoms with E-state index in [1.54, 1.807) is 4.90 Å². The molecule has 122 valence electrons. The van der Waals surface area contributed by atoms with Crippen LogP contribution >= 0.6 is 0 Å². The SMILES string of the molecule is O=C(c1nnc(Nc2ccccc2C(F)(F)F)o1)N1CCCC1. The molecule has 1 aromatic heterocycles. The highest BCUT2D eigenvalue weighted by atomic mass is 19.4. The number of amides is 1. The summed E-state index contributed by atoms with van der Waals surface area (Å²) >= 11 is 0. The van der Waals surface area contributed by atoms with E-state index in [2.05, 4.69) is 15.5 Å². The minimum Gasteiger partial charge on any atom is -0.399 e. The van der Waals surface area contributed by atoms with Crippen molar-refractivity contribution in [1.82, 2.24) is 15.1 Å². The highest BCUT2D eigenvalue weighted by molar-refractivity contribution is 5.89. The number of nitrogens with zero attached hydrogens (tertiary/aromatic N) is 3. The van der Waals surface area contributed by atoms with Gasteiger partial charge in [-0.15, -0.1) is 5.10 Å². The second-order valence-corrected chi connectivity index (χ2v) is 5.08. The molecular weight excluding hydrogens is 313 g/mol. The van der Waals surface area contributed by atoms with Gasteiger partial charge in [-0.2, -0.15) is 13.2 Å². The van der Waals surface area contributed by atoms with Crippen molar-refractivity contribution in [3.63, 3.8) is 0 Å². The molecule has 23 heavy (non-hydrogen) atoms. The molecule has 0 saturated carbocycles. The number of rotatable bonds is 3. The maximum Gasteiger partial charge on any atom is 0.418 e. The summed E-state index contributed by atoms with van der Waals surface area (Å²) in [5.74, 6) is -0.647. The van der Waals surface area contributed by atoms with E-state index in [0.29, 0.717) is 13.1 Å². The standard InChI is InChI=1S/C14H13F3N4O2/c15-14(16,17)9-5-1-2-6-10(9)18-13-20-19-11(23-13)12(22)21-7-3-4-8-21/h1-2,5-6H,3-4,7-8H2,(H,18,20). The number of benzene rings is 1. The fourth-order valence-electron chi connectivity index (χ4n) is 2.37. The van der Waals surface area contributed by atoms with Crippen LogP contribution in [-0.2, 0) is 6.18 Å². The topological polar surface area (TPSA) is 71.3 Å². The first-order valence-electron chi connectivity index (χ1n) is 7.01. The van der Waals surface area contributed by atoms with Crippen molar-refractivity contribution < 1.29 is 22.4 Å². The monoisotopic (exact) mass is 326 g/mol. The Morgan fingerprint density at radius 1 is 1.17 bits per heavy atom. The molecule has 2 heterocycles. The van der Waals surface area contributed by atoms with E-state index in [4.69, 9.17) is 4.42 Å². The maximum atomic E-state index is 12.9. The van der Waals surface area contributed by atoms with E-state index in [0.717, 1.165) is 18.9 Å². The van der Waals surface area contributed by atoms with Gasteiger partial charge in [0.15, 0.2) is 0 Å². The number of para-hydroxylation sites is 1. The van der Waals surface area contributed by atoms with Crippen LogP contribution in [0.3, 0.4) is 0 Å². The molecule has 1 aliphatic heterocycles. The zero-order valence-electron chi connectivity index (χ0n) is 11.9. The van der Waals surface area contributed by atoms with Crippen LogP contribution in [0.4, 0.5) is 24.9 Å². The van der Waals surface area contributed by atoms with Crippen LogP contribution in [0.5, 0.6) is 0 Å². The molecule has 1 amide bonds. The van der Waals surface area contributed by atoms with Crippen LogP contribution in [0, 0.1) is 0 Å². The number of anilines is 2. The Bertz CT molecular complexity index is 708. The number of carbonyl (C=O) groups excluding carboxylic acids is 1. The Labute approximate surface area is 129 Å². The molecule has 0 aliphatic carbocycles. The van der Waals surface area contributed by atoms with Gasteiger partial charge in [-0.3, -0.25) is 4.79 Å². The maximum absolute atomic E-state index is 12.9. The Morgan fingerprint density at radius 3 is 2.57 bits per heavy atom. The first-order valence-corrected chi connectivity index (χ1v) is 7.01. The Kier molecular flexibility index (Phi) is 3.93. The fraction of sp³-hybridized carbons (Fsp3) is 0.357. The lowest BCUT2D eigenvalue weighted by atomic mass is 10.2. The molecule has 1 N–H and O–H groups in total. The fourth-order valence-corrected chi connectivity index (χ4v) is 2.37. The largest absolute Gasteiger partial charge is 0.418 e. The number of aromatic nitrogens is 2. The molecule has 0 spiro atoms. The van der Waals surface area contributed by atoms with Gasteiger partial charge in [0.05, 0.1) is 11.3 Å². The highest BCUT2D eigenvalue weighted by Gasteiger charge is 2.33. The molecule has 1 saturated heterocycles. The lowest BCUT2D eigenvalue weighted by molar-refractivity contribution is -0.136. The molecule has 2 aromatic rings. The van der Waals surface area contributed by atoms with E-state index in [1.165, 1.54) is 18.2 Å². The van der Waals surface area contributed by atoms with Gasteiger partial charge >= 0.3 is 24.0 Å². The second kappa shape index (κ2) is 5.90. The van der Waals surface area contributed by atoms with Crippen LogP contribution < -0.4 is 5.32 Å². The molecule has 1 aromatic carbocycles. The van der Waals surface area contributed by atoms with Crippen LogP contribution in [0.2, 0.25) is 0 Å². The molecule has 9 heteroatoms. The molecule has 1 aliphatic rings. The Balaban J connectivity index is 1.79. The van der Waals surface area contributed by atoms with Gasteiger partial charge in [-0.25, -0.2) is 0 Å². The first-order chi connectivity index (χ1) is 10.9. The van der Waals surface area contributed by atoms with Gasteiger partial charge in [0.2, 0.25) is 0 Å². The van der Waals surface area contributed by atoms with Gasteiger partial charge in [0, 0.05) is 13.1 Å². The number of hydrogen-bond acceptors (Lipinski definition) is 5. The van der Waals surface area contributed by atoms with Crippen molar-refractivity contribution in [2.75, 3.05) is 18.4 Å². The number of carbonyl (C=O) groups is 1. The van der Waals surface area contributed by atoms with E-state index >= 15 is 0 Å². The Hall–Kier alpha value is -2.58. The first kappa shape index (κ1) is 15.3. The second-order valence-electron chi connectivity index (χ2n) is 5.08. The summed E-state index contributed by atoms with van der Waals surface area (Å²) in [4.78, 5) is 13.6. The summed E-state index contributed by atoms with van der Waals surface area (Å²) in [7, 11) is 0. The Morgan fingerprint density at radius 2 is 1.87 bits per heavy atom. The average molecular weight is 326 g/mol. The zero-order valence-corrected chi connectivity index (χ0v) is 11.9. The van der Waals surface area contributed by atoms with E-state index in [9.17, 15) is 18.0 Å². The summed E-state index contributed by atoms with van der Waals surface area (Å²) in [6.07, 6.45) is -2.70. The van der Waals surface area contributed by atoms with Crippen molar-refractivity contribution in [2.45, 2.75) is 19.0 Å². The van der Waals surface area contributed by atoms with Crippen molar-refractivity contribution in [1.29, 1.82) is 0 Å². The number of alkyl halides is 3. The molecule has 0 bridgehead atoms. The molecule has 3 rings (SSSR count). The normalized spacial score (nSPS) is 15.0. The minimum absolute atomic E-state index is 0.219. The van der Waals surface area contributed by atoms with Crippen LogP contribution in [-0.4, -0.2) is 34.1 Å². The molecule has 0 radical (unpaired) electrons. The lowest BCUT2D eigenvalue weighted by Crippen LogP contribution is -2.27. The summed E-state index contributed by atoms with van der Waals surface area (Å²) in [6.45, 7) is 1.22. The third-order valence-electron chi connectivity index (χ3n) is 3.48. The van der Waals surface area contributed by atoms with Crippen molar-refractivity contribution >= 4 is 17.6 Å². The number of likely N-dealkylation sites (tertiary alicyclic amines) is 1. The van der Waals surface area contributed by atoms with Gasteiger partial charge in [0.25, 0.3) is 0 Å². The summed E-state index contributed by atoms with van der Waals surface area (Å²) in [5.41, 5.74) is -1.07. The third-order valence-corrected chi connectivity index (χ3v) is 3.48. The summed E-state index contributed by atoms with van der Waals surface area (Å²) < 4.78 is 43.9. The van der Waals surface area contributed by atoms with Gasteiger partial charge < -0.3 is 14.6 Å². The molecule has 1 fully saturated rings. The molecule has 0 atom stereocenters. The van der Waals surface area contributed by atoms with Gasteiger partial charge in [0.1, 0.15) is 0 Å². The smallest absolute Gasteiger partial charge is 0.399 e. The predicted molar refractivity (Wildman–Crippen MR) is 74.2 cm³/mol. The zero-order chi connectivity index (χ0) is 16.4. The molecular formula is C14H13F3N4O2. The summed E-state index contributed by atoms with van der Waals surface area (Å²) in [6, 6.07) is 4.66. The van der Waals surface area contributed by atoms with Gasteiger partial charge in [-0.05, 0) is 25.0 Å². The summed E-state index contributed by atoms with van der Waals surface area (Å²) in [5, 5.41) is 9.60. The third kappa shape index (κ3) is 3.27. The van der Waals surface area contributed by atoms with Crippen molar-refractivity contribution in [2.24, 2.45) is 0 Å². The van der Waals surface area contributed by atoms with Gasteiger partial charge in [-0.1, -0.05) is 17.2 Å². The highest BCUT2D eigenvalue weighted by Crippen LogP contribution is 2.35. The van der Waals surface area contributed by atoms with E-state index < -0.39 is 17.6 Å². The van der Waals surface area contributed by atoms with E-state index in [-0.39, 0.29) is 17.6 Å². The van der Waals surface area contributed by atoms with Crippen molar-refractivity contribution in [3.05, 3.63) is 35.7 Å². The van der Waals surface area contributed by atoms with Crippen molar-refractivity contribution in [3.8, 4) is 0 Å². The number of nitrogens with one attached hydrogen (secondary N) is 1. The molecule has 6 nitrogen and oxygen atoms in total. The predicted octanol–water partition coefficient (Wildman–Crippen LogP) is 3.07. The number of hydrogen-bond donors (Lipinski definition) is 1. The number of halogens is 3. The van der Waals surface area contributed by atoms with Crippen LogP contribution in [0.25, 0.3) is 0 Å². The average Bonchev–Trinajstić information content (AvgIpc) is 3.17. The van der Waals surface area contributed by atoms with E-state index in [1.807, 2.05) is 0 Å².